The third kappa shape index (κ3) is 3.66. The van der Waals surface area contributed by atoms with Crippen molar-refractivity contribution < 1.29 is 4.79 Å². The number of aromatic amines is 1. The molecule has 22 heavy (non-hydrogen) atoms. The molecule has 0 aliphatic heterocycles. The molecule has 3 rings (SSSR count). The molecule has 0 aliphatic rings. The number of imidazole rings is 1. The van der Waals surface area contributed by atoms with E-state index in [2.05, 4.69) is 20.3 Å². The molecule has 2 N–H and O–H groups in total. The van der Waals surface area contributed by atoms with Gasteiger partial charge in [-0.15, -0.1) is 23.1 Å². The van der Waals surface area contributed by atoms with Gasteiger partial charge in [0, 0.05) is 11.1 Å². The summed E-state index contributed by atoms with van der Waals surface area (Å²) in [7, 11) is 0. The monoisotopic (exact) mass is 332 g/mol. The molecule has 0 radical (unpaired) electrons. The van der Waals surface area contributed by atoms with Crippen LogP contribution >= 0.6 is 23.1 Å². The van der Waals surface area contributed by atoms with Crippen LogP contribution in [0.3, 0.4) is 0 Å². The minimum Gasteiger partial charge on any atom is -0.346 e. The van der Waals surface area contributed by atoms with Crippen molar-refractivity contribution in [1.82, 2.24) is 20.3 Å². The first-order chi connectivity index (χ1) is 10.7. The molecular formula is C15H16N4OS2. The fourth-order valence-electron chi connectivity index (χ4n) is 2.09. The second-order valence-electron chi connectivity index (χ2n) is 4.90. The average Bonchev–Trinajstić information content (AvgIpc) is 3.16. The van der Waals surface area contributed by atoms with E-state index < -0.39 is 0 Å². The molecule has 0 saturated heterocycles. The van der Waals surface area contributed by atoms with Gasteiger partial charge in [-0.1, -0.05) is 12.1 Å². The van der Waals surface area contributed by atoms with Gasteiger partial charge in [-0.25, -0.2) is 9.97 Å². The summed E-state index contributed by atoms with van der Waals surface area (Å²) in [5.41, 5.74) is 4.72. The third-order valence-electron chi connectivity index (χ3n) is 3.16. The summed E-state index contributed by atoms with van der Waals surface area (Å²) in [6, 6.07) is 7.70. The Hall–Kier alpha value is -1.86. The van der Waals surface area contributed by atoms with Crippen LogP contribution in [0, 0.1) is 0 Å². The summed E-state index contributed by atoms with van der Waals surface area (Å²) >= 11 is 3.13. The molecular weight excluding hydrogens is 316 g/mol. The third-order valence-corrected chi connectivity index (χ3v) is 4.76. The summed E-state index contributed by atoms with van der Waals surface area (Å²) in [5, 5.41) is 4.97. The predicted molar refractivity (Wildman–Crippen MR) is 90.9 cm³/mol. The highest BCUT2D eigenvalue weighted by molar-refractivity contribution is 7.99. The molecule has 7 heteroatoms. The molecule has 0 aliphatic carbocycles. The maximum atomic E-state index is 12.0. The van der Waals surface area contributed by atoms with Crippen LogP contribution in [0.4, 0.5) is 0 Å². The van der Waals surface area contributed by atoms with Crippen molar-refractivity contribution in [2.24, 2.45) is 0 Å². The van der Waals surface area contributed by atoms with Gasteiger partial charge in [0.25, 0.3) is 0 Å². The number of aromatic nitrogens is 3. The molecule has 1 amide bonds. The number of para-hydroxylation sites is 2. The molecule has 3 aromatic rings. The molecule has 2 aromatic heterocycles. The maximum Gasteiger partial charge on any atom is 0.230 e. The van der Waals surface area contributed by atoms with E-state index in [4.69, 9.17) is 0 Å². The van der Waals surface area contributed by atoms with E-state index in [9.17, 15) is 4.79 Å². The number of thioether (sulfide) groups is 1. The number of rotatable bonds is 6. The summed E-state index contributed by atoms with van der Waals surface area (Å²) in [6.07, 6.45) is 0. The zero-order chi connectivity index (χ0) is 15.4. The average molecular weight is 332 g/mol. The maximum absolute atomic E-state index is 12.0. The van der Waals surface area contributed by atoms with Crippen LogP contribution in [-0.4, -0.2) is 26.6 Å². The number of nitrogens with zero attached hydrogens (tertiary/aromatic N) is 2. The van der Waals surface area contributed by atoms with Crippen LogP contribution in [0.2, 0.25) is 0 Å². The van der Waals surface area contributed by atoms with Crippen molar-refractivity contribution in [3.8, 4) is 0 Å². The summed E-state index contributed by atoms with van der Waals surface area (Å²) in [5.74, 6) is 1.96. The predicted octanol–water partition coefficient (Wildman–Crippen LogP) is 3.13. The number of amides is 1. The minimum atomic E-state index is -0.139. The summed E-state index contributed by atoms with van der Waals surface area (Å²) in [6.45, 7) is 1.93. The Morgan fingerprint density at radius 3 is 3.09 bits per heavy atom. The van der Waals surface area contributed by atoms with Crippen molar-refractivity contribution in [3.05, 3.63) is 46.7 Å². The first-order valence-corrected chi connectivity index (χ1v) is 9.01. The standard InChI is InChI=1S/C15H16N4OS2/c1-10(15-18-12-4-2-3-5-13(12)19-15)17-14(20)8-21-6-11-7-22-9-16-11/h2-5,7,9-10H,6,8H2,1H3,(H,17,20)(H,18,19). The van der Waals surface area contributed by atoms with Crippen LogP contribution in [-0.2, 0) is 10.5 Å². The van der Waals surface area contributed by atoms with E-state index in [1.165, 1.54) is 0 Å². The molecule has 0 fully saturated rings. The second kappa shape index (κ2) is 6.93. The van der Waals surface area contributed by atoms with Crippen molar-refractivity contribution in [2.75, 3.05) is 5.75 Å². The number of carbonyl (C=O) groups excluding carboxylic acids is 1. The van der Waals surface area contributed by atoms with Crippen LogP contribution in [0.15, 0.2) is 35.2 Å². The molecule has 1 unspecified atom stereocenters. The summed E-state index contributed by atoms with van der Waals surface area (Å²) < 4.78 is 0. The van der Waals surface area contributed by atoms with Crippen LogP contribution in [0.1, 0.15) is 24.5 Å². The number of carbonyl (C=O) groups is 1. The lowest BCUT2D eigenvalue weighted by Gasteiger charge is -2.11. The van der Waals surface area contributed by atoms with E-state index in [1.807, 2.05) is 36.6 Å². The lowest BCUT2D eigenvalue weighted by molar-refractivity contribution is -0.119. The number of fused-ring (bicyclic) bond motifs is 1. The van der Waals surface area contributed by atoms with Gasteiger partial charge < -0.3 is 10.3 Å². The molecule has 5 nitrogen and oxygen atoms in total. The highest BCUT2D eigenvalue weighted by Gasteiger charge is 2.13. The van der Waals surface area contributed by atoms with Gasteiger partial charge in [0.2, 0.25) is 5.91 Å². The smallest absolute Gasteiger partial charge is 0.230 e. The van der Waals surface area contributed by atoms with E-state index >= 15 is 0 Å². The van der Waals surface area contributed by atoms with Crippen molar-refractivity contribution in [3.63, 3.8) is 0 Å². The lowest BCUT2D eigenvalue weighted by atomic mass is 10.3. The van der Waals surface area contributed by atoms with Gasteiger partial charge in [-0.05, 0) is 19.1 Å². The Balaban J connectivity index is 1.52. The van der Waals surface area contributed by atoms with Crippen molar-refractivity contribution >= 4 is 40.0 Å². The first kappa shape index (κ1) is 15.1. The summed E-state index contributed by atoms with van der Waals surface area (Å²) in [4.78, 5) is 23.9. The SMILES string of the molecule is CC(NC(=O)CSCc1cscn1)c1nc2ccccc2[nH]1. The minimum absolute atomic E-state index is 0.00758. The number of hydrogen-bond acceptors (Lipinski definition) is 5. The molecule has 2 heterocycles. The quantitative estimate of drug-likeness (QED) is 0.727. The fraction of sp³-hybridized carbons (Fsp3) is 0.267. The Labute approximate surface area is 136 Å². The van der Waals surface area contributed by atoms with Gasteiger partial charge in [0.15, 0.2) is 0 Å². The number of hydrogen-bond donors (Lipinski definition) is 2. The Bertz CT molecular complexity index is 721. The Morgan fingerprint density at radius 1 is 1.45 bits per heavy atom. The lowest BCUT2D eigenvalue weighted by Crippen LogP contribution is -2.28. The van der Waals surface area contributed by atoms with Gasteiger partial charge in [0.1, 0.15) is 5.82 Å². The van der Waals surface area contributed by atoms with E-state index in [-0.39, 0.29) is 11.9 Å². The molecule has 0 bridgehead atoms. The molecule has 1 atom stereocenters. The highest BCUT2D eigenvalue weighted by atomic mass is 32.2. The highest BCUT2D eigenvalue weighted by Crippen LogP contribution is 2.16. The largest absolute Gasteiger partial charge is 0.346 e. The zero-order valence-corrected chi connectivity index (χ0v) is 13.7. The van der Waals surface area contributed by atoms with Crippen LogP contribution in [0.5, 0.6) is 0 Å². The van der Waals surface area contributed by atoms with Crippen LogP contribution in [0.25, 0.3) is 11.0 Å². The van der Waals surface area contributed by atoms with Gasteiger partial charge >= 0.3 is 0 Å². The number of nitrogens with one attached hydrogen (secondary N) is 2. The Kier molecular flexibility index (Phi) is 4.74. The fourth-order valence-corrected chi connectivity index (χ4v) is 3.49. The number of thiazole rings is 1. The molecule has 0 saturated carbocycles. The molecule has 1 aromatic carbocycles. The molecule has 0 spiro atoms. The van der Waals surface area contributed by atoms with E-state index in [0.29, 0.717) is 5.75 Å². The van der Waals surface area contributed by atoms with Crippen molar-refractivity contribution in [1.29, 1.82) is 0 Å². The zero-order valence-electron chi connectivity index (χ0n) is 12.1. The number of H-pyrrole nitrogens is 1. The van der Waals surface area contributed by atoms with Crippen LogP contribution < -0.4 is 5.32 Å². The first-order valence-electron chi connectivity index (χ1n) is 6.91. The topological polar surface area (TPSA) is 70.7 Å². The van der Waals surface area contributed by atoms with Gasteiger partial charge in [-0.2, -0.15) is 0 Å². The van der Waals surface area contributed by atoms with E-state index in [1.54, 1.807) is 28.6 Å². The second-order valence-corrected chi connectivity index (χ2v) is 6.61. The molecule has 114 valence electrons. The normalized spacial score (nSPS) is 12.4. The van der Waals surface area contributed by atoms with E-state index in [0.717, 1.165) is 28.3 Å². The Morgan fingerprint density at radius 2 is 2.32 bits per heavy atom. The number of benzene rings is 1. The van der Waals surface area contributed by atoms with Gasteiger partial charge in [-0.3, -0.25) is 4.79 Å². The van der Waals surface area contributed by atoms with Gasteiger partial charge in [0.05, 0.1) is 34.0 Å². The van der Waals surface area contributed by atoms with Crippen molar-refractivity contribution in [2.45, 2.75) is 18.7 Å².